The van der Waals surface area contributed by atoms with Crippen LogP contribution in [0.2, 0.25) is 0 Å². The van der Waals surface area contributed by atoms with Crippen LogP contribution >= 0.6 is 0 Å². The minimum atomic E-state index is -1.17. The van der Waals surface area contributed by atoms with Gasteiger partial charge in [-0.1, -0.05) is 0 Å². The molecule has 1 saturated heterocycles. The first kappa shape index (κ1) is 18.3. The van der Waals surface area contributed by atoms with Gasteiger partial charge in [-0.25, -0.2) is 0 Å². The van der Waals surface area contributed by atoms with Gasteiger partial charge in [-0.3, -0.25) is 14.4 Å². The van der Waals surface area contributed by atoms with Gasteiger partial charge in [0.1, 0.15) is 6.10 Å². The smallest absolute Gasteiger partial charge is 0.303 e. The van der Waals surface area contributed by atoms with E-state index in [9.17, 15) is 19.5 Å². The largest absolute Gasteiger partial charge is 0.456 e. The Hall–Kier alpha value is -1.71. The Bertz CT molecular complexity index is 392. The van der Waals surface area contributed by atoms with Gasteiger partial charge in [0.2, 0.25) is 0 Å². The third kappa shape index (κ3) is 4.65. The summed E-state index contributed by atoms with van der Waals surface area (Å²) in [5.74, 6) is -1.99. The van der Waals surface area contributed by atoms with E-state index in [0.29, 0.717) is 0 Å². The van der Waals surface area contributed by atoms with E-state index in [0.717, 1.165) is 20.8 Å². The van der Waals surface area contributed by atoms with Crippen LogP contribution in [0.3, 0.4) is 0 Å². The fourth-order valence-electron chi connectivity index (χ4n) is 2.19. The van der Waals surface area contributed by atoms with E-state index in [1.54, 1.807) is 0 Å². The molecule has 1 aliphatic heterocycles. The SMILES string of the molecule is COC1OC(CO)C(OC(C)=O)C(OC(C)=O)C1OC(C)=O. The van der Waals surface area contributed by atoms with Crippen molar-refractivity contribution in [1.29, 1.82) is 0 Å². The number of aliphatic hydroxyl groups is 1. The van der Waals surface area contributed by atoms with Crippen LogP contribution in [0.5, 0.6) is 0 Å². The van der Waals surface area contributed by atoms with Gasteiger partial charge in [-0.05, 0) is 0 Å². The molecule has 0 aromatic heterocycles. The van der Waals surface area contributed by atoms with E-state index in [4.69, 9.17) is 23.7 Å². The summed E-state index contributed by atoms with van der Waals surface area (Å²) in [5, 5.41) is 9.39. The second-order valence-corrected chi connectivity index (χ2v) is 4.68. The number of methoxy groups -OCH3 is 1. The Kier molecular flexibility index (Phi) is 6.72. The summed E-state index contributed by atoms with van der Waals surface area (Å²) in [7, 11) is 1.30. The van der Waals surface area contributed by atoms with Crippen molar-refractivity contribution in [2.45, 2.75) is 51.5 Å². The summed E-state index contributed by atoms with van der Waals surface area (Å²) in [6.07, 6.45) is -5.52. The van der Waals surface area contributed by atoms with Crippen molar-refractivity contribution in [2.75, 3.05) is 13.7 Å². The molecule has 9 heteroatoms. The normalized spacial score (nSPS) is 31.2. The van der Waals surface area contributed by atoms with E-state index in [2.05, 4.69) is 0 Å². The lowest BCUT2D eigenvalue weighted by atomic mass is 9.98. The maximum atomic E-state index is 11.3. The standard InChI is InChI=1S/C13H20O9/c1-6(15)19-10-9(5-14)22-13(18-4)12(21-8(3)17)11(10)20-7(2)16/h9-14H,5H2,1-4H3. The van der Waals surface area contributed by atoms with Gasteiger partial charge in [0.05, 0.1) is 6.61 Å². The summed E-state index contributed by atoms with van der Waals surface area (Å²) in [6, 6.07) is 0. The molecule has 9 nitrogen and oxygen atoms in total. The zero-order valence-electron chi connectivity index (χ0n) is 12.8. The Morgan fingerprint density at radius 3 is 1.77 bits per heavy atom. The Balaban J connectivity index is 3.14. The van der Waals surface area contributed by atoms with Crippen molar-refractivity contribution in [3.63, 3.8) is 0 Å². The molecule has 0 radical (unpaired) electrons. The van der Waals surface area contributed by atoms with E-state index in [-0.39, 0.29) is 0 Å². The monoisotopic (exact) mass is 320 g/mol. The molecule has 0 bridgehead atoms. The number of hydrogen-bond acceptors (Lipinski definition) is 9. The Labute approximate surface area is 127 Å². The van der Waals surface area contributed by atoms with Gasteiger partial charge in [0.25, 0.3) is 0 Å². The van der Waals surface area contributed by atoms with E-state index >= 15 is 0 Å². The highest BCUT2D eigenvalue weighted by Gasteiger charge is 2.51. The van der Waals surface area contributed by atoms with Crippen LogP contribution in [-0.4, -0.2) is 67.4 Å². The minimum Gasteiger partial charge on any atom is -0.456 e. The molecule has 0 aliphatic carbocycles. The molecule has 1 rings (SSSR count). The predicted molar refractivity (Wildman–Crippen MR) is 69.4 cm³/mol. The quantitative estimate of drug-likeness (QED) is 0.510. The fraction of sp³-hybridized carbons (Fsp3) is 0.769. The van der Waals surface area contributed by atoms with Crippen LogP contribution in [0.15, 0.2) is 0 Å². The molecule has 126 valence electrons. The maximum absolute atomic E-state index is 11.3. The summed E-state index contributed by atoms with van der Waals surface area (Å²) in [5.41, 5.74) is 0. The zero-order valence-corrected chi connectivity index (χ0v) is 12.8. The van der Waals surface area contributed by atoms with E-state index in [1.165, 1.54) is 7.11 Å². The summed E-state index contributed by atoms with van der Waals surface area (Å²) in [4.78, 5) is 33.8. The van der Waals surface area contributed by atoms with Crippen molar-refractivity contribution in [3.05, 3.63) is 0 Å². The topological polar surface area (TPSA) is 118 Å². The van der Waals surface area contributed by atoms with Gasteiger partial charge in [0, 0.05) is 27.9 Å². The molecule has 1 N–H and O–H groups in total. The van der Waals surface area contributed by atoms with E-state index < -0.39 is 55.2 Å². The molecule has 1 heterocycles. The van der Waals surface area contributed by atoms with Crippen LogP contribution in [0, 0.1) is 0 Å². The maximum Gasteiger partial charge on any atom is 0.303 e. The number of rotatable bonds is 5. The lowest BCUT2D eigenvalue weighted by Gasteiger charge is -2.43. The van der Waals surface area contributed by atoms with Gasteiger partial charge in [0.15, 0.2) is 24.6 Å². The second-order valence-electron chi connectivity index (χ2n) is 4.68. The van der Waals surface area contributed by atoms with Crippen LogP contribution in [-0.2, 0) is 38.1 Å². The van der Waals surface area contributed by atoms with Crippen molar-refractivity contribution in [2.24, 2.45) is 0 Å². The lowest BCUT2D eigenvalue weighted by molar-refractivity contribution is -0.302. The number of aliphatic hydroxyl groups excluding tert-OH is 1. The Morgan fingerprint density at radius 1 is 0.909 bits per heavy atom. The molecule has 0 spiro atoms. The highest BCUT2D eigenvalue weighted by molar-refractivity contribution is 5.68. The molecule has 22 heavy (non-hydrogen) atoms. The molecule has 0 aromatic rings. The molecular formula is C13H20O9. The van der Waals surface area contributed by atoms with Gasteiger partial charge in [-0.2, -0.15) is 0 Å². The minimum absolute atomic E-state index is 0.512. The average Bonchev–Trinajstić information content (AvgIpc) is 2.41. The molecule has 5 unspecified atom stereocenters. The van der Waals surface area contributed by atoms with Crippen molar-refractivity contribution >= 4 is 17.9 Å². The van der Waals surface area contributed by atoms with Crippen LogP contribution in [0.25, 0.3) is 0 Å². The van der Waals surface area contributed by atoms with Crippen LogP contribution in [0.1, 0.15) is 20.8 Å². The second kappa shape index (κ2) is 8.06. The third-order valence-corrected chi connectivity index (χ3v) is 2.91. The number of ether oxygens (including phenoxy) is 5. The molecule has 0 amide bonds. The molecule has 1 aliphatic rings. The average molecular weight is 320 g/mol. The number of esters is 3. The van der Waals surface area contributed by atoms with Crippen molar-refractivity contribution < 1.29 is 43.2 Å². The molecular weight excluding hydrogens is 300 g/mol. The van der Waals surface area contributed by atoms with Crippen LogP contribution in [0.4, 0.5) is 0 Å². The predicted octanol–water partition coefficient (Wildman–Crippen LogP) is -0.855. The third-order valence-electron chi connectivity index (χ3n) is 2.91. The van der Waals surface area contributed by atoms with E-state index in [1.807, 2.05) is 0 Å². The number of carbonyl (C=O) groups excluding carboxylic acids is 3. The highest BCUT2D eigenvalue weighted by Crippen LogP contribution is 2.28. The lowest BCUT2D eigenvalue weighted by Crippen LogP contribution is -2.62. The molecule has 5 atom stereocenters. The van der Waals surface area contributed by atoms with Crippen LogP contribution < -0.4 is 0 Å². The molecule has 1 fully saturated rings. The number of hydrogen-bond donors (Lipinski definition) is 1. The van der Waals surface area contributed by atoms with Gasteiger partial charge < -0.3 is 28.8 Å². The highest BCUT2D eigenvalue weighted by atomic mass is 16.7. The first-order chi connectivity index (χ1) is 10.3. The fourth-order valence-corrected chi connectivity index (χ4v) is 2.19. The first-order valence-electron chi connectivity index (χ1n) is 6.61. The molecule has 0 saturated carbocycles. The summed E-state index contributed by atoms with van der Waals surface area (Å²) < 4.78 is 25.7. The Morgan fingerprint density at radius 2 is 1.36 bits per heavy atom. The van der Waals surface area contributed by atoms with Gasteiger partial charge in [-0.15, -0.1) is 0 Å². The number of carbonyl (C=O) groups is 3. The summed E-state index contributed by atoms with van der Waals surface area (Å²) in [6.45, 7) is 2.96. The first-order valence-corrected chi connectivity index (χ1v) is 6.61. The van der Waals surface area contributed by atoms with Crippen molar-refractivity contribution in [1.82, 2.24) is 0 Å². The molecule has 0 aromatic carbocycles. The van der Waals surface area contributed by atoms with Gasteiger partial charge >= 0.3 is 17.9 Å². The summed E-state index contributed by atoms with van der Waals surface area (Å²) >= 11 is 0. The van der Waals surface area contributed by atoms with Crippen molar-refractivity contribution in [3.8, 4) is 0 Å². The zero-order chi connectivity index (χ0) is 16.9.